The van der Waals surface area contributed by atoms with Gasteiger partial charge in [0.05, 0.1) is 13.7 Å². The Balaban J connectivity index is 1.76. The molecule has 0 atom stereocenters. The summed E-state index contributed by atoms with van der Waals surface area (Å²) in [6.45, 7) is 6.87. The van der Waals surface area contributed by atoms with E-state index in [2.05, 4.69) is 4.90 Å². The van der Waals surface area contributed by atoms with Crippen molar-refractivity contribution in [2.45, 2.75) is 13.3 Å². The molecule has 3 rings (SSSR count). The fraction of sp³-hybridized carbons (Fsp3) is 0.526. The molecule has 0 aliphatic carbocycles. The molecule has 1 amide bonds. The SMILES string of the molecule is COCCN1CCCN(C(=O)c2oc3ccc(OC)cc3c2C)CC1. The standard InChI is InChI=1S/C19H26N2O4/c1-14-16-13-15(24-3)5-6-17(16)25-18(14)19(22)21-8-4-7-20(9-10-21)11-12-23-2/h5-6,13H,4,7-12H2,1-3H3. The van der Waals surface area contributed by atoms with Crippen molar-refractivity contribution in [1.82, 2.24) is 9.80 Å². The minimum absolute atomic E-state index is 0.0266. The number of aryl methyl sites for hydroxylation is 1. The van der Waals surface area contributed by atoms with Crippen molar-refractivity contribution in [1.29, 1.82) is 0 Å². The Morgan fingerprint density at radius 2 is 2.04 bits per heavy atom. The first-order chi connectivity index (χ1) is 12.1. The van der Waals surface area contributed by atoms with Gasteiger partial charge in [-0.2, -0.15) is 0 Å². The molecule has 0 bridgehead atoms. The first-order valence-electron chi connectivity index (χ1n) is 8.71. The highest BCUT2D eigenvalue weighted by atomic mass is 16.5. The Morgan fingerprint density at radius 1 is 1.20 bits per heavy atom. The number of hydrogen-bond donors (Lipinski definition) is 0. The van der Waals surface area contributed by atoms with E-state index >= 15 is 0 Å². The second-order valence-corrected chi connectivity index (χ2v) is 6.40. The minimum atomic E-state index is -0.0266. The van der Waals surface area contributed by atoms with Crippen LogP contribution in [0.15, 0.2) is 22.6 Å². The minimum Gasteiger partial charge on any atom is -0.497 e. The van der Waals surface area contributed by atoms with E-state index in [4.69, 9.17) is 13.9 Å². The lowest BCUT2D eigenvalue weighted by molar-refractivity contribution is 0.0728. The van der Waals surface area contributed by atoms with Crippen LogP contribution in [0.3, 0.4) is 0 Å². The number of hydrogen-bond acceptors (Lipinski definition) is 5. The molecule has 1 aliphatic heterocycles. The molecule has 25 heavy (non-hydrogen) atoms. The lowest BCUT2D eigenvalue weighted by Crippen LogP contribution is -2.36. The summed E-state index contributed by atoms with van der Waals surface area (Å²) in [6, 6.07) is 5.62. The quantitative estimate of drug-likeness (QED) is 0.833. The summed E-state index contributed by atoms with van der Waals surface area (Å²) in [5.41, 5.74) is 1.59. The number of ether oxygens (including phenoxy) is 2. The van der Waals surface area contributed by atoms with E-state index in [0.717, 1.165) is 61.5 Å². The zero-order chi connectivity index (χ0) is 17.8. The fourth-order valence-corrected chi connectivity index (χ4v) is 3.29. The number of nitrogens with zero attached hydrogens (tertiary/aromatic N) is 2. The van der Waals surface area contributed by atoms with Crippen LogP contribution in [0, 0.1) is 6.92 Å². The summed E-state index contributed by atoms with van der Waals surface area (Å²) in [6.07, 6.45) is 0.961. The van der Waals surface area contributed by atoms with Gasteiger partial charge in [0.2, 0.25) is 0 Å². The molecule has 0 saturated carbocycles. The molecule has 6 heteroatoms. The van der Waals surface area contributed by atoms with Gasteiger partial charge in [-0.25, -0.2) is 0 Å². The Morgan fingerprint density at radius 3 is 2.80 bits per heavy atom. The van der Waals surface area contributed by atoms with Gasteiger partial charge in [-0.15, -0.1) is 0 Å². The number of methoxy groups -OCH3 is 2. The number of benzene rings is 1. The molecular weight excluding hydrogens is 320 g/mol. The zero-order valence-electron chi connectivity index (χ0n) is 15.2. The first-order valence-corrected chi connectivity index (χ1v) is 8.71. The van der Waals surface area contributed by atoms with E-state index in [-0.39, 0.29) is 5.91 Å². The zero-order valence-corrected chi connectivity index (χ0v) is 15.2. The summed E-state index contributed by atoms with van der Waals surface area (Å²) in [5.74, 6) is 1.17. The third-order valence-corrected chi connectivity index (χ3v) is 4.82. The van der Waals surface area contributed by atoms with Crippen LogP contribution in [0.4, 0.5) is 0 Å². The Bertz CT molecular complexity index is 740. The van der Waals surface area contributed by atoms with Gasteiger partial charge in [-0.05, 0) is 38.1 Å². The number of rotatable bonds is 5. The van der Waals surface area contributed by atoms with Crippen molar-refractivity contribution in [3.8, 4) is 5.75 Å². The number of carbonyl (C=O) groups is 1. The second-order valence-electron chi connectivity index (χ2n) is 6.40. The van der Waals surface area contributed by atoms with Gasteiger partial charge in [-0.3, -0.25) is 9.69 Å². The highest BCUT2D eigenvalue weighted by Crippen LogP contribution is 2.29. The van der Waals surface area contributed by atoms with Crippen molar-refractivity contribution in [2.75, 3.05) is 53.6 Å². The third kappa shape index (κ3) is 3.80. The third-order valence-electron chi connectivity index (χ3n) is 4.82. The smallest absolute Gasteiger partial charge is 0.289 e. The molecule has 1 aromatic heterocycles. The van der Waals surface area contributed by atoms with Crippen LogP contribution in [-0.2, 0) is 4.74 Å². The van der Waals surface area contributed by atoms with E-state index in [9.17, 15) is 4.79 Å². The van der Waals surface area contributed by atoms with Gasteiger partial charge >= 0.3 is 0 Å². The molecule has 2 aromatic rings. The highest BCUT2D eigenvalue weighted by molar-refractivity contribution is 5.99. The Hall–Kier alpha value is -2.05. The molecular formula is C19H26N2O4. The predicted molar refractivity (Wildman–Crippen MR) is 96.3 cm³/mol. The van der Waals surface area contributed by atoms with Crippen LogP contribution in [0.1, 0.15) is 22.5 Å². The van der Waals surface area contributed by atoms with Crippen LogP contribution in [0.5, 0.6) is 5.75 Å². The summed E-state index contributed by atoms with van der Waals surface area (Å²) in [4.78, 5) is 17.2. The van der Waals surface area contributed by atoms with Crippen molar-refractivity contribution in [2.24, 2.45) is 0 Å². The normalized spacial score (nSPS) is 16.2. The molecule has 0 radical (unpaired) electrons. The monoisotopic (exact) mass is 346 g/mol. The van der Waals surface area contributed by atoms with Crippen LogP contribution in [-0.4, -0.2) is 69.3 Å². The molecule has 0 N–H and O–H groups in total. The summed E-state index contributed by atoms with van der Waals surface area (Å²) in [7, 11) is 3.35. The highest BCUT2D eigenvalue weighted by Gasteiger charge is 2.25. The van der Waals surface area contributed by atoms with Gasteiger partial charge in [0, 0.05) is 44.2 Å². The van der Waals surface area contributed by atoms with Crippen molar-refractivity contribution < 1.29 is 18.7 Å². The maximum absolute atomic E-state index is 13.0. The van der Waals surface area contributed by atoms with E-state index in [1.165, 1.54) is 0 Å². The van der Waals surface area contributed by atoms with Gasteiger partial charge in [0.25, 0.3) is 5.91 Å². The maximum Gasteiger partial charge on any atom is 0.289 e. The molecule has 1 fully saturated rings. The maximum atomic E-state index is 13.0. The van der Waals surface area contributed by atoms with Crippen molar-refractivity contribution >= 4 is 16.9 Å². The van der Waals surface area contributed by atoms with Crippen LogP contribution in [0.2, 0.25) is 0 Å². The lowest BCUT2D eigenvalue weighted by Gasteiger charge is -2.21. The first kappa shape index (κ1) is 17.8. The molecule has 136 valence electrons. The number of furan rings is 1. The molecule has 2 heterocycles. The van der Waals surface area contributed by atoms with Crippen LogP contribution < -0.4 is 4.74 Å². The topological polar surface area (TPSA) is 55.2 Å². The van der Waals surface area contributed by atoms with Crippen molar-refractivity contribution in [3.05, 3.63) is 29.5 Å². The molecule has 1 aromatic carbocycles. The molecule has 6 nitrogen and oxygen atoms in total. The van der Waals surface area contributed by atoms with E-state index in [1.807, 2.05) is 30.0 Å². The van der Waals surface area contributed by atoms with Crippen LogP contribution in [0.25, 0.3) is 11.0 Å². The van der Waals surface area contributed by atoms with Gasteiger partial charge in [-0.1, -0.05) is 0 Å². The Kier molecular flexibility index (Phi) is 5.60. The van der Waals surface area contributed by atoms with E-state index in [1.54, 1.807) is 14.2 Å². The Labute approximate surface area is 148 Å². The summed E-state index contributed by atoms with van der Waals surface area (Å²) >= 11 is 0. The average Bonchev–Trinajstić information content (AvgIpc) is 2.81. The number of amides is 1. The summed E-state index contributed by atoms with van der Waals surface area (Å²) < 4.78 is 16.3. The summed E-state index contributed by atoms with van der Waals surface area (Å²) in [5, 5.41) is 0.930. The molecule has 0 spiro atoms. The van der Waals surface area contributed by atoms with Gasteiger partial charge < -0.3 is 18.8 Å². The molecule has 1 saturated heterocycles. The van der Waals surface area contributed by atoms with E-state index < -0.39 is 0 Å². The van der Waals surface area contributed by atoms with Crippen molar-refractivity contribution in [3.63, 3.8) is 0 Å². The molecule has 0 unspecified atom stereocenters. The predicted octanol–water partition coefficient (Wildman–Crippen LogP) is 2.54. The fourth-order valence-electron chi connectivity index (χ4n) is 3.29. The van der Waals surface area contributed by atoms with Gasteiger partial charge in [0.1, 0.15) is 11.3 Å². The molecule has 1 aliphatic rings. The average molecular weight is 346 g/mol. The lowest BCUT2D eigenvalue weighted by atomic mass is 10.1. The largest absolute Gasteiger partial charge is 0.497 e. The van der Waals surface area contributed by atoms with E-state index in [0.29, 0.717) is 12.3 Å². The van der Waals surface area contributed by atoms with Crippen LogP contribution >= 0.6 is 0 Å². The van der Waals surface area contributed by atoms with Gasteiger partial charge in [0.15, 0.2) is 5.76 Å². The second kappa shape index (κ2) is 7.89. The number of carbonyl (C=O) groups excluding carboxylic acids is 1. The number of fused-ring (bicyclic) bond motifs is 1.